The zero-order valence-electron chi connectivity index (χ0n) is 15.2. The summed E-state index contributed by atoms with van der Waals surface area (Å²) in [4.78, 5) is 4.96. The molecule has 1 aliphatic rings. The van der Waals surface area contributed by atoms with Crippen molar-refractivity contribution in [1.29, 1.82) is 0 Å². The first-order chi connectivity index (χ1) is 10.9. The van der Waals surface area contributed by atoms with Crippen LogP contribution in [0.5, 0.6) is 0 Å². The van der Waals surface area contributed by atoms with Crippen molar-refractivity contribution in [2.45, 2.75) is 65.6 Å². The number of piperidine rings is 1. The normalized spacial score (nSPS) is 16.8. The van der Waals surface area contributed by atoms with Gasteiger partial charge in [-0.2, -0.15) is 0 Å². The van der Waals surface area contributed by atoms with Gasteiger partial charge in [-0.05, 0) is 71.3 Å². The van der Waals surface area contributed by atoms with E-state index < -0.39 is 0 Å². The summed E-state index contributed by atoms with van der Waals surface area (Å²) in [6.07, 6.45) is 2.37. The number of benzene rings is 1. The summed E-state index contributed by atoms with van der Waals surface area (Å²) in [6.45, 7) is 13.5. The van der Waals surface area contributed by atoms with Crippen molar-refractivity contribution in [3.63, 3.8) is 0 Å². The van der Waals surface area contributed by atoms with Gasteiger partial charge in [0, 0.05) is 36.9 Å². The fourth-order valence-corrected chi connectivity index (χ4v) is 3.87. The minimum atomic E-state index is 0.412. The van der Waals surface area contributed by atoms with Crippen LogP contribution in [0.15, 0.2) is 24.3 Å². The average molecular weight is 334 g/mol. The number of thiocarbonyl (C=S) groups is 1. The number of para-hydroxylation sites is 1. The highest BCUT2D eigenvalue weighted by atomic mass is 32.1. The molecule has 0 amide bonds. The molecular formula is C19H31N3S. The van der Waals surface area contributed by atoms with E-state index in [0.717, 1.165) is 10.8 Å². The van der Waals surface area contributed by atoms with E-state index in [-0.39, 0.29) is 0 Å². The van der Waals surface area contributed by atoms with Crippen LogP contribution in [-0.4, -0.2) is 46.1 Å². The molecule has 1 aromatic carbocycles. The zero-order chi connectivity index (χ0) is 17.0. The van der Waals surface area contributed by atoms with E-state index in [0.29, 0.717) is 18.1 Å². The summed E-state index contributed by atoms with van der Waals surface area (Å²) in [5.41, 5.74) is 2.34. The summed E-state index contributed by atoms with van der Waals surface area (Å²) in [7, 11) is 0. The van der Waals surface area contributed by atoms with Crippen molar-refractivity contribution < 1.29 is 0 Å². The quantitative estimate of drug-likeness (QED) is 0.829. The van der Waals surface area contributed by atoms with Crippen molar-refractivity contribution in [3.05, 3.63) is 29.8 Å². The van der Waals surface area contributed by atoms with Gasteiger partial charge in [0.15, 0.2) is 5.11 Å². The summed E-state index contributed by atoms with van der Waals surface area (Å²) < 4.78 is 0. The first-order valence-electron chi connectivity index (χ1n) is 8.79. The van der Waals surface area contributed by atoms with Crippen LogP contribution in [0, 0.1) is 6.92 Å². The third-order valence-electron chi connectivity index (χ3n) is 4.80. The van der Waals surface area contributed by atoms with E-state index in [1.807, 2.05) is 0 Å². The van der Waals surface area contributed by atoms with Gasteiger partial charge >= 0.3 is 0 Å². The summed E-state index contributed by atoms with van der Waals surface area (Å²) in [5, 5.41) is 4.33. The van der Waals surface area contributed by atoms with Gasteiger partial charge in [-0.15, -0.1) is 0 Å². The highest BCUT2D eigenvalue weighted by Gasteiger charge is 2.28. The molecule has 0 unspecified atom stereocenters. The first kappa shape index (κ1) is 18.2. The molecule has 1 heterocycles. The highest BCUT2D eigenvalue weighted by molar-refractivity contribution is 7.80. The van der Waals surface area contributed by atoms with E-state index >= 15 is 0 Å². The van der Waals surface area contributed by atoms with E-state index in [4.69, 9.17) is 12.2 Å². The molecule has 0 bridgehead atoms. The standard InChI is InChI=1S/C19H31N3S/c1-14(2)21-12-10-17(11-13-21)22(15(3)4)19(23)20-18-9-7-6-8-16(18)5/h6-9,14-15,17H,10-13H2,1-5H3,(H,20,23). The third-order valence-corrected chi connectivity index (χ3v) is 5.11. The van der Waals surface area contributed by atoms with Crippen molar-refractivity contribution in [3.8, 4) is 0 Å². The van der Waals surface area contributed by atoms with Gasteiger partial charge in [-0.25, -0.2) is 0 Å². The maximum Gasteiger partial charge on any atom is 0.173 e. The van der Waals surface area contributed by atoms with E-state index in [1.165, 1.54) is 31.5 Å². The lowest BCUT2D eigenvalue weighted by Crippen LogP contribution is -2.52. The number of hydrogen-bond donors (Lipinski definition) is 1. The Bertz CT molecular complexity index is 519. The SMILES string of the molecule is Cc1ccccc1NC(=S)N(C(C)C)C1CCN(C(C)C)CC1. The van der Waals surface area contributed by atoms with Crippen LogP contribution in [0.2, 0.25) is 0 Å². The largest absolute Gasteiger partial charge is 0.344 e. The van der Waals surface area contributed by atoms with Gasteiger partial charge in [0.1, 0.15) is 0 Å². The molecule has 1 saturated heterocycles. The van der Waals surface area contributed by atoms with Crippen molar-refractivity contribution >= 4 is 23.0 Å². The Morgan fingerprint density at radius 3 is 2.30 bits per heavy atom. The Balaban J connectivity index is 2.04. The fourth-order valence-electron chi connectivity index (χ4n) is 3.40. The number of likely N-dealkylation sites (tertiary alicyclic amines) is 1. The van der Waals surface area contributed by atoms with Gasteiger partial charge < -0.3 is 15.1 Å². The molecule has 3 nitrogen and oxygen atoms in total. The predicted molar refractivity (Wildman–Crippen MR) is 104 cm³/mol. The lowest BCUT2D eigenvalue weighted by atomic mass is 10.0. The predicted octanol–water partition coefficient (Wildman–Crippen LogP) is 4.28. The molecule has 1 aliphatic heterocycles. The molecule has 2 rings (SSSR count). The van der Waals surface area contributed by atoms with Crippen molar-refractivity contribution in [2.75, 3.05) is 18.4 Å². The lowest BCUT2D eigenvalue weighted by molar-refractivity contribution is 0.117. The van der Waals surface area contributed by atoms with Crippen LogP contribution in [0.3, 0.4) is 0 Å². The maximum atomic E-state index is 5.76. The molecule has 0 aliphatic carbocycles. The Hall–Kier alpha value is -1.13. The molecule has 0 spiro atoms. The van der Waals surface area contributed by atoms with Crippen LogP contribution in [0.1, 0.15) is 46.1 Å². The molecule has 0 aromatic heterocycles. The topological polar surface area (TPSA) is 18.5 Å². The second-order valence-electron chi connectivity index (χ2n) is 7.11. The van der Waals surface area contributed by atoms with E-state index in [1.54, 1.807) is 0 Å². The minimum Gasteiger partial charge on any atom is -0.344 e. The third kappa shape index (κ3) is 4.67. The van der Waals surface area contributed by atoms with E-state index in [9.17, 15) is 0 Å². The smallest absolute Gasteiger partial charge is 0.173 e. The molecule has 1 fully saturated rings. The van der Waals surface area contributed by atoms with Crippen LogP contribution < -0.4 is 5.32 Å². The van der Waals surface area contributed by atoms with Gasteiger partial charge in [0.2, 0.25) is 0 Å². The number of hydrogen-bond acceptors (Lipinski definition) is 2. The molecule has 23 heavy (non-hydrogen) atoms. The van der Waals surface area contributed by atoms with Gasteiger partial charge in [-0.3, -0.25) is 0 Å². The van der Waals surface area contributed by atoms with Crippen molar-refractivity contribution in [1.82, 2.24) is 9.80 Å². The molecule has 128 valence electrons. The van der Waals surface area contributed by atoms with Crippen molar-refractivity contribution in [2.24, 2.45) is 0 Å². The molecule has 0 saturated carbocycles. The highest BCUT2D eigenvalue weighted by Crippen LogP contribution is 2.22. The first-order valence-corrected chi connectivity index (χ1v) is 9.20. The zero-order valence-corrected chi connectivity index (χ0v) is 16.0. The minimum absolute atomic E-state index is 0.412. The van der Waals surface area contributed by atoms with Gasteiger partial charge in [0.25, 0.3) is 0 Å². The summed E-state index contributed by atoms with van der Waals surface area (Å²) in [6, 6.07) is 9.92. The number of nitrogens with zero attached hydrogens (tertiary/aromatic N) is 2. The fraction of sp³-hybridized carbons (Fsp3) is 0.632. The second-order valence-corrected chi connectivity index (χ2v) is 7.49. The molecule has 1 aromatic rings. The Morgan fingerprint density at radius 2 is 1.78 bits per heavy atom. The Kier molecular flexibility index (Phi) is 6.42. The van der Waals surface area contributed by atoms with Crippen LogP contribution in [0.4, 0.5) is 5.69 Å². The molecule has 0 atom stereocenters. The summed E-state index contributed by atoms with van der Waals surface area (Å²) in [5.74, 6) is 0. The maximum absolute atomic E-state index is 5.76. The van der Waals surface area contributed by atoms with Gasteiger partial charge in [-0.1, -0.05) is 18.2 Å². The number of anilines is 1. The molecular weight excluding hydrogens is 302 g/mol. The van der Waals surface area contributed by atoms with Crippen LogP contribution in [0.25, 0.3) is 0 Å². The Morgan fingerprint density at radius 1 is 1.17 bits per heavy atom. The number of rotatable bonds is 4. The lowest BCUT2D eigenvalue weighted by Gasteiger charge is -2.43. The van der Waals surface area contributed by atoms with E-state index in [2.05, 4.69) is 74.0 Å². The number of nitrogens with one attached hydrogen (secondary N) is 1. The number of aryl methyl sites for hydroxylation is 1. The average Bonchev–Trinajstić information content (AvgIpc) is 2.50. The molecule has 4 heteroatoms. The van der Waals surface area contributed by atoms with Crippen LogP contribution in [-0.2, 0) is 0 Å². The van der Waals surface area contributed by atoms with Gasteiger partial charge in [0.05, 0.1) is 0 Å². The summed E-state index contributed by atoms with van der Waals surface area (Å²) >= 11 is 5.76. The Labute approximate surface area is 147 Å². The molecule has 0 radical (unpaired) electrons. The monoisotopic (exact) mass is 333 g/mol. The molecule has 1 N–H and O–H groups in total. The second kappa shape index (κ2) is 8.11. The van der Waals surface area contributed by atoms with Crippen LogP contribution >= 0.6 is 12.2 Å².